The molecule has 10 heteroatoms. The molecule has 0 amide bonds. The van der Waals surface area contributed by atoms with Gasteiger partial charge in [0, 0.05) is 49.5 Å². The average molecular weight is 477 g/mol. The summed E-state index contributed by atoms with van der Waals surface area (Å²) in [6.07, 6.45) is 7.77. The molecular formula is C24H22ClFN8. The summed E-state index contributed by atoms with van der Waals surface area (Å²) >= 11 is 5.92. The lowest BCUT2D eigenvalue weighted by Crippen LogP contribution is -2.44. The molecule has 0 unspecified atom stereocenters. The third kappa shape index (κ3) is 4.12. The van der Waals surface area contributed by atoms with E-state index in [0.29, 0.717) is 17.6 Å². The van der Waals surface area contributed by atoms with Crippen molar-refractivity contribution < 1.29 is 4.39 Å². The highest BCUT2D eigenvalue weighted by Crippen LogP contribution is 2.44. The van der Waals surface area contributed by atoms with Crippen molar-refractivity contribution in [3.8, 4) is 11.4 Å². The first-order valence-corrected chi connectivity index (χ1v) is 11.7. The Morgan fingerprint density at radius 3 is 2.74 bits per heavy atom. The highest BCUT2D eigenvalue weighted by Gasteiger charge is 2.29. The molecular weight excluding hydrogens is 455 g/mol. The Bertz CT molecular complexity index is 1370. The Hall–Kier alpha value is -3.43. The van der Waals surface area contributed by atoms with E-state index in [4.69, 9.17) is 21.6 Å². The number of piperazine rings is 1. The largest absolute Gasteiger partial charge is 0.353 e. The van der Waals surface area contributed by atoms with Crippen LogP contribution in [0.5, 0.6) is 0 Å². The molecule has 4 aromatic heterocycles. The van der Waals surface area contributed by atoms with Crippen molar-refractivity contribution in [3.63, 3.8) is 0 Å². The van der Waals surface area contributed by atoms with Crippen LogP contribution in [0.4, 0.5) is 21.8 Å². The molecule has 8 nitrogen and oxygen atoms in total. The second-order valence-corrected chi connectivity index (χ2v) is 8.91. The highest BCUT2D eigenvalue weighted by molar-refractivity contribution is 6.29. The van der Waals surface area contributed by atoms with Gasteiger partial charge in [0.25, 0.3) is 0 Å². The number of halogens is 2. The zero-order valence-electron chi connectivity index (χ0n) is 18.3. The first-order valence-electron chi connectivity index (χ1n) is 11.3. The molecule has 1 aliphatic carbocycles. The van der Waals surface area contributed by atoms with E-state index in [0.717, 1.165) is 48.5 Å². The van der Waals surface area contributed by atoms with Crippen molar-refractivity contribution in [3.05, 3.63) is 59.4 Å². The van der Waals surface area contributed by atoms with Gasteiger partial charge in [-0.15, -0.1) is 0 Å². The second kappa shape index (κ2) is 8.73. The molecule has 1 saturated carbocycles. The summed E-state index contributed by atoms with van der Waals surface area (Å²) in [5.41, 5.74) is 2.82. The van der Waals surface area contributed by atoms with Crippen LogP contribution in [0.2, 0.25) is 5.15 Å². The molecule has 4 aromatic rings. The molecule has 0 bridgehead atoms. The Morgan fingerprint density at radius 1 is 1.06 bits per heavy atom. The summed E-state index contributed by atoms with van der Waals surface area (Å²) < 4.78 is 14.2. The van der Waals surface area contributed by atoms with Crippen molar-refractivity contribution >= 4 is 40.0 Å². The Balaban J connectivity index is 1.44. The van der Waals surface area contributed by atoms with Gasteiger partial charge < -0.3 is 15.5 Å². The molecule has 0 radical (unpaired) electrons. The number of aromatic nitrogens is 5. The number of nitrogens with zero attached hydrogens (tertiary/aromatic N) is 6. The lowest BCUT2D eigenvalue weighted by Gasteiger charge is -2.30. The van der Waals surface area contributed by atoms with Gasteiger partial charge in [-0.05, 0) is 48.6 Å². The topological polar surface area (TPSA) is 91.8 Å². The van der Waals surface area contributed by atoms with Gasteiger partial charge in [-0.2, -0.15) is 0 Å². The fourth-order valence-electron chi connectivity index (χ4n) is 4.29. The van der Waals surface area contributed by atoms with E-state index in [-0.39, 0.29) is 11.0 Å². The zero-order valence-corrected chi connectivity index (χ0v) is 19.1. The van der Waals surface area contributed by atoms with Gasteiger partial charge in [-0.25, -0.2) is 24.3 Å². The quantitative estimate of drug-likeness (QED) is 0.412. The average Bonchev–Trinajstić information content (AvgIpc) is 3.71. The molecule has 6 rings (SSSR count). The maximum absolute atomic E-state index is 14.2. The maximum atomic E-state index is 14.2. The fourth-order valence-corrected chi connectivity index (χ4v) is 4.44. The summed E-state index contributed by atoms with van der Waals surface area (Å²) in [4.78, 5) is 25.0. The minimum Gasteiger partial charge on any atom is -0.353 e. The van der Waals surface area contributed by atoms with Crippen LogP contribution in [0.25, 0.3) is 22.3 Å². The molecule has 2 aliphatic rings. The van der Waals surface area contributed by atoms with E-state index >= 15 is 0 Å². The number of fused-ring (bicyclic) bond motifs is 1. The zero-order chi connectivity index (χ0) is 23.1. The van der Waals surface area contributed by atoms with Crippen LogP contribution in [-0.2, 0) is 0 Å². The second-order valence-electron chi connectivity index (χ2n) is 8.52. The van der Waals surface area contributed by atoms with Crippen LogP contribution in [0.3, 0.4) is 0 Å². The molecule has 0 aromatic carbocycles. The predicted molar refractivity (Wildman–Crippen MR) is 130 cm³/mol. The molecule has 5 heterocycles. The summed E-state index contributed by atoms with van der Waals surface area (Å²) in [6.45, 7) is 3.57. The van der Waals surface area contributed by atoms with Crippen LogP contribution in [0, 0.1) is 5.82 Å². The van der Waals surface area contributed by atoms with Crippen molar-refractivity contribution in [1.29, 1.82) is 0 Å². The van der Waals surface area contributed by atoms with Gasteiger partial charge in [0.1, 0.15) is 16.8 Å². The van der Waals surface area contributed by atoms with E-state index in [1.807, 2.05) is 18.5 Å². The van der Waals surface area contributed by atoms with E-state index in [2.05, 4.69) is 30.5 Å². The molecule has 172 valence electrons. The van der Waals surface area contributed by atoms with Gasteiger partial charge >= 0.3 is 0 Å². The number of hydrogen-bond donors (Lipinski definition) is 2. The monoisotopic (exact) mass is 476 g/mol. The highest BCUT2D eigenvalue weighted by atomic mass is 35.5. The lowest BCUT2D eigenvalue weighted by atomic mass is 10.1. The van der Waals surface area contributed by atoms with Crippen molar-refractivity contribution in [2.24, 2.45) is 0 Å². The van der Waals surface area contributed by atoms with Crippen LogP contribution < -0.4 is 15.5 Å². The molecule has 1 aliphatic heterocycles. The summed E-state index contributed by atoms with van der Waals surface area (Å²) in [7, 11) is 0. The molecule has 2 N–H and O–H groups in total. The van der Waals surface area contributed by atoms with Crippen LogP contribution in [0.15, 0.2) is 42.9 Å². The summed E-state index contributed by atoms with van der Waals surface area (Å²) in [5, 5.41) is 7.60. The van der Waals surface area contributed by atoms with E-state index in [1.165, 1.54) is 30.5 Å². The maximum Gasteiger partial charge on any atom is 0.169 e. The summed E-state index contributed by atoms with van der Waals surface area (Å²) in [5.74, 6) is 1.96. The number of rotatable bonds is 5. The molecule has 1 saturated heterocycles. The predicted octanol–water partition coefficient (Wildman–Crippen LogP) is 4.30. The Kier molecular flexibility index (Phi) is 5.43. The minimum absolute atomic E-state index is 0.0105. The number of hydrogen-bond acceptors (Lipinski definition) is 8. The Labute approximate surface area is 200 Å². The van der Waals surface area contributed by atoms with Crippen molar-refractivity contribution in [1.82, 2.24) is 30.2 Å². The molecule has 2 fully saturated rings. The SMILES string of the molecule is Fc1ccc(Cl)nc1Nc1cc(-c2nc(N3CCNCC3)c3c(C4CC4)cncc3n2)ccn1. The first kappa shape index (κ1) is 21.1. The van der Waals surface area contributed by atoms with Crippen LogP contribution >= 0.6 is 11.6 Å². The molecule has 0 spiro atoms. The number of pyridine rings is 3. The van der Waals surface area contributed by atoms with E-state index < -0.39 is 5.82 Å². The molecule has 34 heavy (non-hydrogen) atoms. The third-order valence-corrected chi connectivity index (χ3v) is 6.34. The van der Waals surface area contributed by atoms with Crippen LogP contribution in [0.1, 0.15) is 24.3 Å². The van der Waals surface area contributed by atoms with E-state index in [9.17, 15) is 4.39 Å². The van der Waals surface area contributed by atoms with Gasteiger partial charge in [0.2, 0.25) is 0 Å². The Morgan fingerprint density at radius 2 is 1.91 bits per heavy atom. The van der Waals surface area contributed by atoms with Gasteiger partial charge in [-0.3, -0.25) is 4.98 Å². The normalized spacial score (nSPS) is 16.1. The minimum atomic E-state index is -0.516. The standard InChI is InChI=1S/C24H22ClFN8/c25-19-4-3-17(26)23(31-19)32-20-11-15(5-6-29-20)22-30-18-13-28-12-16(14-1-2-14)21(18)24(33-22)34-9-7-27-8-10-34/h3-6,11-14,27H,1-2,7-10H2,(H,29,31,32). The van der Waals surface area contributed by atoms with Crippen molar-refractivity contribution in [2.45, 2.75) is 18.8 Å². The summed E-state index contributed by atoms with van der Waals surface area (Å²) in [6, 6.07) is 6.28. The van der Waals surface area contributed by atoms with E-state index in [1.54, 1.807) is 12.3 Å². The smallest absolute Gasteiger partial charge is 0.169 e. The van der Waals surface area contributed by atoms with Crippen molar-refractivity contribution in [2.75, 3.05) is 36.4 Å². The number of nitrogens with one attached hydrogen (secondary N) is 2. The first-order chi connectivity index (χ1) is 16.7. The molecule has 0 atom stereocenters. The van der Waals surface area contributed by atoms with Gasteiger partial charge in [0.05, 0.1) is 11.7 Å². The van der Waals surface area contributed by atoms with Gasteiger partial charge in [0.15, 0.2) is 17.5 Å². The number of anilines is 3. The van der Waals surface area contributed by atoms with Crippen LogP contribution in [-0.4, -0.2) is 51.1 Å². The van der Waals surface area contributed by atoms with Gasteiger partial charge in [-0.1, -0.05) is 11.6 Å². The fraction of sp³-hybridized carbons (Fsp3) is 0.292. The third-order valence-electron chi connectivity index (χ3n) is 6.13. The lowest BCUT2D eigenvalue weighted by molar-refractivity contribution is 0.586.